The number of carbonyl (C=O) groups excluding carboxylic acids is 1. The van der Waals surface area contributed by atoms with Gasteiger partial charge in [0.1, 0.15) is 12.1 Å². The van der Waals surface area contributed by atoms with Crippen LogP contribution in [0.25, 0.3) is 11.3 Å². The molecule has 2 aromatic carbocycles. The van der Waals surface area contributed by atoms with E-state index in [1.165, 1.54) is 5.56 Å². The van der Waals surface area contributed by atoms with Crippen LogP contribution in [0.1, 0.15) is 24.8 Å². The third kappa shape index (κ3) is 3.67. The van der Waals surface area contributed by atoms with Gasteiger partial charge in [0.25, 0.3) is 0 Å². The van der Waals surface area contributed by atoms with Gasteiger partial charge in [0.2, 0.25) is 5.91 Å². The van der Waals surface area contributed by atoms with Crippen LogP contribution < -0.4 is 9.80 Å². The van der Waals surface area contributed by atoms with Gasteiger partial charge in [0, 0.05) is 42.9 Å². The van der Waals surface area contributed by atoms with Gasteiger partial charge in [-0.05, 0) is 37.3 Å². The fourth-order valence-electron chi connectivity index (χ4n) is 4.63. The van der Waals surface area contributed by atoms with Crippen molar-refractivity contribution in [2.24, 2.45) is 5.92 Å². The Hall–Kier alpha value is -3.21. The average molecular weight is 399 g/mol. The van der Waals surface area contributed by atoms with Gasteiger partial charge >= 0.3 is 0 Å². The van der Waals surface area contributed by atoms with Gasteiger partial charge in [0.15, 0.2) is 0 Å². The minimum atomic E-state index is 0.0860. The fraction of sp³-hybridized carbons (Fsp3) is 0.320. The Kier molecular flexibility index (Phi) is 5.18. The molecule has 0 atom stereocenters. The smallest absolute Gasteiger partial charge is 0.230 e. The van der Waals surface area contributed by atoms with E-state index in [2.05, 4.69) is 51.3 Å². The first-order chi connectivity index (χ1) is 14.8. The van der Waals surface area contributed by atoms with Crippen molar-refractivity contribution in [1.29, 1.82) is 0 Å². The van der Waals surface area contributed by atoms with Gasteiger partial charge in [-0.3, -0.25) is 4.79 Å². The van der Waals surface area contributed by atoms with Crippen molar-refractivity contribution in [2.45, 2.75) is 25.7 Å². The highest BCUT2D eigenvalue weighted by Crippen LogP contribution is 2.31. The Labute approximate surface area is 177 Å². The number of aromatic nitrogens is 2. The average Bonchev–Trinajstić information content (AvgIpc) is 2.84. The molecular formula is C25H26N4O. The van der Waals surface area contributed by atoms with Crippen LogP contribution >= 0.6 is 0 Å². The van der Waals surface area contributed by atoms with Crippen LogP contribution in [0.4, 0.5) is 11.5 Å². The zero-order chi connectivity index (χ0) is 20.3. The first kappa shape index (κ1) is 18.8. The van der Waals surface area contributed by atoms with E-state index in [4.69, 9.17) is 0 Å². The standard InChI is InChI=1S/C25H26N4O/c30-25(29-14-6-10-20-9-4-5-11-23(20)29)21-12-15-28(16-13-21)24-17-22(26-18-27-24)19-7-2-1-3-8-19/h1-5,7-9,11,17-18,21H,6,10,12-16H2. The topological polar surface area (TPSA) is 49.3 Å². The maximum atomic E-state index is 13.3. The van der Waals surface area contributed by atoms with Crippen LogP contribution in [0.2, 0.25) is 0 Å². The van der Waals surface area contributed by atoms with E-state index in [9.17, 15) is 4.79 Å². The van der Waals surface area contributed by atoms with Crippen molar-refractivity contribution < 1.29 is 4.79 Å². The SMILES string of the molecule is O=C(C1CCN(c2cc(-c3ccccc3)ncn2)CC1)N1CCCc2ccccc21. The lowest BCUT2D eigenvalue weighted by molar-refractivity contribution is -0.123. The van der Waals surface area contributed by atoms with Crippen molar-refractivity contribution in [3.05, 3.63) is 72.6 Å². The van der Waals surface area contributed by atoms with Gasteiger partial charge < -0.3 is 9.80 Å². The van der Waals surface area contributed by atoms with E-state index < -0.39 is 0 Å². The predicted molar refractivity (Wildman–Crippen MR) is 120 cm³/mol. The molecular weight excluding hydrogens is 372 g/mol. The van der Waals surface area contributed by atoms with E-state index >= 15 is 0 Å². The van der Waals surface area contributed by atoms with Crippen LogP contribution in [0.3, 0.4) is 0 Å². The second-order valence-corrected chi connectivity index (χ2v) is 8.11. The number of rotatable bonds is 3. The Morgan fingerprint density at radius 3 is 2.50 bits per heavy atom. The van der Waals surface area contributed by atoms with Gasteiger partial charge in [-0.15, -0.1) is 0 Å². The molecule has 0 saturated carbocycles. The fourth-order valence-corrected chi connectivity index (χ4v) is 4.63. The molecule has 152 valence electrons. The molecule has 1 fully saturated rings. The summed E-state index contributed by atoms with van der Waals surface area (Å²) in [5.41, 5.74) is 4.43. The highest BCUT2D eigenvalue weighted by atomic mass is 16.2. The molecule has 0 aliphatic carbocycles. The van der Waals surface area contributed by atoms with Gasteiger partial charge in [-0.2, -0.15) is 0 Å². The minimum absolute atomic E-state index is 0.0860. The largest absolute Gasteiger partial charge is 0.356 e. The third-order valence-electron chi connectivity index (χ3n) is 6.27. The van der Waals surface area contributed by atoms with Crippen molar-refractivity contribution in [3.8, 4) is 11.3 Å². The molecule has 0 bridgehead atoms. The molecule has 3 heterocycles. The van der Waals surface area contributed by atoms with Crippen LogP contribution in [0.5, 0.6) is 0 Å². The number of carbonyl (C=O) groups is 1. The molecule has 5 nitrogen and oxygen atoms in total. The first-order valence-electron chi connectivity index (χ1n) is 10.8. The molecule has 2 aliphatic heterocycles. The number of hydrogen-bond donors (Lipinski definition) is 0. The Morgan fingerprint density at radius 2 is 1.67 bits per heavy atom. The van der Waals surface area contributed by atoms with Crippen molar-refractivity contribution in [3.63, 3.8) is 0 Å². The van der Waals surface area contributed by atoms with Gasteiger partial charge in [-0.1, -0.05) is 48.5 Å². The number of aryl methyl sites for hydroxylation is 1. The number of fused-ring (bicyclic) bond motifs is 1. The number of para-hydroxylation sites is 1. The summed E-state index contributed by atoms with van der Waals surface area (Å²) < 4.78 is 0. The summed E-state index contributed by atoms with van der Waals surface area (Å²) in [6, 6.07) is 20.6. The van der Waals surface area contributed by atoms with Crippen molar-refractivity contribution >= 4 is 17.4 Å². The first-order valence-corrected chi connectivity index (χ1v) is 10.8. The monoisotopic (exact) mass is 398 g/mol. The highest BCUT2D eigenvalue weighted by Gasteiger charge is 2.31. The van der Waals surface area contributed by atoms with E-state index in [1.54, 1.807) is 6.33 Å². The molecule has 0 radical (unpaired) electrons. The number of nitrogens with zero attached hydrogens (tertiary/aromatic N) is 4. The third-order valence-corrected chi connectivity index (χ3v) is 6.27. The summed E-state index contributed by atoms with van der Waals surface area (Å²) in [6.45, 7) is 2.52. The maximum Gasteiger partial charge on any atom is 0.230 e. The maximum absolute atomic E-state index is 13.3. The molecule has 1 saturated heterocycles. The summed E-state index contributed by atoms with van der Waals surface area (Å²) in [7, 11) is 0. The van der Waals surface area contributed by atoms with E-state index in [0.717, 1.165) is 68.1 Å². The molecule has 2 aliphatic rings. The molecule has 5 rings (SSSR count). The summed E-state index contributed by atoms with van der Waals surface area (Å²) in [5.74, 6) is 1.32. The number of benzene rings is 2. The lowest BCUT2D eigenvalue weighted by atomic mass is 9.93. The number of piperidine rings is 1. The molecule has 0 unspecified atom stereocenters. The molecule has 0 spiro atoms. The Morgan fingerprint density at radius 1 is 0.900 bits per heavy atom. The molecule has 3 aromatic rings. The van der Waals surface area contributed by atoms with Crippen LogP contribution in [-0.4, -0.2) is 35.5 Å². The number of anilines is 2. The lowest BCUT2D eigenvalue weighted by Crippen LogP contribution is -2.44. The molecule has 1 aromatic heterocycles. The lowest BCUT2D eigenvalue weighted by Gasteiger charge is -2.36. The van der Waals surface area contributed by atoms with Crippen molar-refractivity contribution in [2.75, 3.05) is 29.4 Å². The number of amides is 1. The summed E-state index contributed by atoms with van der Waals surface area (Å²) in [5, 5.41) is 0. The van der Waals surface area contributed by atoms with Crippen LogP contribution in [0.15, 0.2) is 67.0 Å². The zero-order valence-electron chi connectivity index (χ0n) is 17.1. The summed E-state index contributed by atoms with van der Waals surface area (Å²) in [4.78, 5) is 26.5. The molecule has 0 N–H and O–H groups in total. The quantitative estimate of drug-likeness (QED) is 0.659. The van der Waals surface area contributed by atoms with Gasteiger partial charge in [0.05, 0.1) is 5.69 Å². The summed E-state index contributed by atoms with van der Waals surface area (Å²) in [6.07, 6.45) is 5.48. The predicted octanol–water partition coefficient (Wildman–Crippen LogP) is 4.34. The minimum Gasteiger partial charge on any atom is -0.356 e. The molecule has 30 heavy (non-hydrogen) atoms. The second-order valence-electron chi connectivity index (χ2n) is 8.11. The molecule has 5 heteroatoms. The Balaban J connectivity index is 1.27. The second kappa shape index (κ2) is 8.27. The van der Waals surface area contributed by atoms with Gasteiger partial charge in [-0.25, -0.2) is 9.97 Å². The zero-order valence-corrected chi connectivity index (χ0v) is 17.1. The Bertz CT molecular complexity index is 1030. The van der Waals surface area contributed by atoms with E-state index in [1.807, 2.05) is 29.2 Å². The normalized spacial score (nSPS) is 16.9. The van der Waals surface area contributed by atoms with Crippen molar-refractivity contribution in [1.82, 2.24) is 9.97 Å². The number of hydrogen-bond acceptors (Lipinski definition) is 4. The van der Waals surface area contributed by atoms with Crippen LogP contribution in [0, 0.1) is 5.92 Å². The van der Waals surface area contributed by atoms with Crippen LogP contribution in [-0.2, 0) is 11.2 Å². The molecule has 1 amide bonds. The summed E-state index contributed by atoms with van der Waals surface area (Å²) >= 11 is 0. The van der Waals surface area contributed by atoms with E-state index in [0.29, 0.717) is 0 Å². The highest BCUT2D eigenvalue weighted by molar-refractivity contribution is 5.96. The van der Waals surface area contributed by atoms with E-state index in [-0.39, 0.29) is 11.8 Å².